The number of nitrogens with zero attached hydrogens (tertiary/aromatic N) is 2. The van der Waals surface area contributed by atoms with Crippen LogP contribution in [0.25, 0.3) is 10.9 Å². The number of hydrogen-bond acceptors (Lipinski definition) is 2. The average Bonchev–Trinajstić information content (AvgIpc) is 2.82. The van der Waals surface area contributed by atoms with Gasteiger partial charge in [-0.25, -0.2) is 0 Å². The SMILES string of the molecule is CCCNCCCC(C)n1ncc2ccccc21. The summed E-state index contributed by atoms with van der Waals surface area (Å²) in [6.45, 7) is 6.68. The average molecular weight is 245 g/mol. The topological polar surface area (TPSA) is 29.9 Å². The zero-order valence-electron chi connectivity index (χ0n) is 11.4. The zero-order chi connectivity index (χ0) is 12.8. The van der Waals surface area contributed by atoms with E-state index in [1.807, 2.05) is 6.20 Å². The highest BCUT2D eigenvalue weighted by atomic mass is 15.3. The first-order chi connectivity index (χ1) is 8.83. The second-order valence-electron chi connectivity index (χ2n) is 4.89. The molecular formula is C15H23N3. The molecule has 2 rings (SSSR count). The molecule has 0 spiro atoms. The molecule has 1 unspecified atom stereocenters. The van der Waals surface area contributed by atoms with Crippen LogP contribution in [0.5, 0.6) is 0 Å². The van der Waals surface area contributed by atoms with Gasteiger partial charge in [-0.05, 0) is 45.3 Å². The molecule has 1 heterocycles. The summed E-state index contributed by atoms with van der Waals surface area (Å²) in [7, 11) is 0. The molecule has 0 amide bonds. The Bertz CT molecular complexity index is 475. The number of para-hydroxylation sites is 1. The molecule has 0 saturated heterocycles. The van der Waals surface area contributed by atoms with Gasteiger partial charge in [-0.2, -0.15) is 5.10 Å². The van der Waals surface area contributed by atoms with Gasteiger partial charge in [-0.15, -0.1) is 0 Å². The Morgan fingerprint density at radius 1 is 1.28 bits per heavy atom. The van der Waals surface area contributed by atoms with Crippen LogP contribution in [0.1, 0.15) is 39.2 Å². The summed E-state index contributed by atoms with van der Waals surface area (Å²) in [6, 6.07) is 8.88. The van der Waals surface area contributed by atoms with Gasteiger partial charge in [-0.1, -0.05) is 25.1 Å². The van der Waals surface area contributed by atoms with Crippen LogP contribution in [-0.2, 0) is 0 Å². The van der Waals surface area contributed by atoms with Crippen LogP contribution in [-0.4, -0.2) is 22.9 Å². The van der Waals surface area contributed by atoms with E-state index in [1.165, 1.54) is 30.2 Å². The van der Waals surface area contributed by atoms with Crippen LogP contribution < -0.4 is 5.32 Å². The minimum Gasteiger partial charge on any atom is -0.317 e. The van der Waals surface area contributed by atoms with Gasteiger partial charge < -0.3 is 5.32 Å². The van der Waals surface area contributed by atoms with E-state index in [0.717, 1.165) is 13.1 Å². The zero-order valence-corrected chi connectivity index (χ0v) is 11.4. The first-order valence-corrected chi connectivity index (χ1v) is 6.96. The van der Waals surface area contributed by atoms with Crippen molar-refractivity contribution in [3.8, 4) is 0 Å². The van der Waals surface area contributed by atoms with Gasteiger partial charge in [0.2, 0.25) is 0 Å². The maximum Gasteiger partial charge on any atom is 0.0685 e. The molecule has 1 aromatic carbocycles. The third kappa shape index (κ3) is 3.10. The number of aromatic nitrogens is 2. The Kier molecular flexibility index (Phi) is 4.76. The first kappa shape index (κ1) is 13.1. The van der Waals surface area contributed by atoms with Gasteiger partial charge in [0.15, 0.2) is 0 Å². The van der Waals surface area contributed by atoms with Crippen molar-refractivity contribution < 1.29 is 0 Å². The molecule has 3 heteroatoms. The monoisotopic (exact) mass is 245 g/mol. The van der Waals surface area contributed by atoms with E-state index < -0.39 is 0 Å². The van der Waals surface area contributed by atoms with Crippen molar-refractivity contribution in [2.75, 3.05) is 13.1 Å². The van der Waals surface area contributed by atoms with Gasteiger partial charge >= 0.3 is 0 Å². The second-order valence-corrected chi connectivity index (χ2v) is 4.89. The molecule has 1 N–H and O–H groups in total. The molecule has 98 valence electrons. The standard InChI is InChI=1S/C15H23N3/c1-3-10-16-11-6-7-13(2)18-15-9-5-4-8-14(15)12-17-18/h4-5,8-9,12-13,16H,3,6-7,10-11H2,1-2H3. The molecule has 1 atom stereocenters. The summed E-state index contributed by atoms with van der Waals surface area (Å²) in [5.41, 5.74) is 1.24. The van der Waals surface area contributed by atoms with E-state index >= 15 is 0 Å². The lowest BCUT2D eigenvalue weighted by Gasteiger charge is -2.13. The molecule has 3 nitrogen and oxygen atoms in total. The van der Waals surface area contributed by atoms with Crippen LogP contribution >= 0.6 is 0 Å². The van der Waals surface area contributed by atoms with Gasteiger partial charge in [0, 0.05) is 11.4 Å². The summed E-state index contributed by atoms with van der Waals surface area (Å²) in [5.74, 6) is 0. The van der Waals surface area contributed by atoms with E-state index in [0.29, 0.717) is 6.04 Å². The van der Waals surface area contributed by atoms with Crippen LogP contribution in [0.3, 0.4) is 0 Å². The van der Waals surface area contributed by atoms with Gasteiger partial charge in [0.1, 0.15) is 0 Å². The van der Waals surface area contributed by atoms with E-state index in [1.54, 1.807) is 0 Å². The predicted molar refractivity (Wildman–Crippen MR) is 76.8 cm³/mol. The molecule has 18 heavy (non-hydrogen) atoms. The van der Waals surface area contributed by atoms with Crippen molar-refractivity contribution in [3.05, 3.63) is 30.5 Å². The van der Waals surface area contributed by atoms with Crippen molar-refractivity contribution >= 4 is 10.9 Å². The minimum atomic E-state index is 0.466. The van der Waals surface area contributed by atoms with Crippen molar-refractivity contribution in [1.29, 1.82) is 0 Å². The highest BCUT2D eigenvalue weighted by molar-refractivity contribution is 5.78. The van der Waals surface area contributed by atoms with Crippen LogP contribution in [0, 0.1) is 0 Å². The number of nitrogens with one attached hydrogen (secondary N) is 1. The molecule has 2 aromatic rings. The van der Waals surface area contributed by atoms with E-state index in [9.17, 15) is 0 Å². The molecule has 0 radical (unpaired) electrons. The maximum absolute atomic E-state index is 4.51. The van der Waals surface area contributed by atoms with Crippen LogP contribution in [0.2, 0.25) is 0 Å². The highest BCUT2D eigenvalue weighted by Gasteiger charge is 2.08. The predicted octanol–water partition coefficient (Wildman–Crippen LogP) is 3.38. The van der Waals surface area contributed by atoms with Crippen molar-refractivity contribution in [1.82, 2.24) is 15.1 Å². The number of benzene rings is 1. The summed E-state index contributed by atoms with van der Waals surface area (Å²) < 4.78 is 2.15. The van der Waals surface area contributed by atoms with E-state index in [-0.39, 0.29) is 0 Å². The van der Waals surface area contributed by atoms with E-state index in [2.05, 4.69) is 53.2 Å². The van der Waals surface area contributed by atoms with Gasteiger partial charge in [0.25, 0.3) is 0 Å². The summed E-state index contributed by atoms with van der Waals surface area (Å²) >= 11 is 0. The third-order valence-electron chi connectivity index (χ3n) is 3.32. The lowest BCUT2D eigenvalue weighted by molar-refractivity contribution is 0.450. The molecule has 0 fully saturated rings. The summed E-state index contributed by atoms with van der Waals surface area (Å²) in [5, 5.41) is 9.18. The molecule has 0 aliphatic heterocycles. The number of rotatable bonds is 7. The number of fused-ring (bicyclic) bond motifs is 1. The highest BCUT2D eigenvalue weighted by Crippen LogP contribution is 2.20. The Morgan fingerprint density at radius 3 is 2.94 bits per heavy atom. The molecule has 0 bridgehead atoms. The van der Waals surface area contributed by atoms with E-state index in [4.69, 9.17) is 0 Å². The van der Waals surface area contributed by atoms with Crippen molar-refractivity contribution in [3.63, 3.8) is 0 Å². The first-order valence-electron chi connectivity index (χ1n) is 6.96. The fourth-order valence-electron chi connectivity index (χ4n) is 2.29. The lowest BCUT2D eigenvalue weighted by atomic mass is 10.1. The molecule has 1 aromatic heterocycles. The Labute approximate surface area is 109 Å². The lowest BCUT2D eigenvalue weighted by Crippen LogP contribution is -2.17. The Morgan fingerprint density at radius 2 is 2.11 bits per heavy atom. The van der Waals surface area contributed by atoms with Crippen LogP contribution in [0.15, 0.2) is 30.5 Å². The number of hydrogen-bond donors (Lipinski definition) is 1. The minimum absolute atomic E-state index is 0.466. The fraction of sp³-hybridized carbons (Fsp3) is 0.533. The molecule has 0 saturated carbocycles. The maximum atomic E-state index is 4.51. The summed E-state index contributed by atoms with van der Waals surface area (Å²) in [6.07, 6.45) is 5.54. The molecular weight excluding hydrogens is 222 g/mol. The van der Waals surface area contributed by atoms with Gasteiger partial charge in [0.05, 0.1) is 11.7 Å². The van der Waals surface area contributed by atoms with Crippen LogP contribution in [0.4, 0.5) is 0 Å². The Hall–Kier alpha value is -1.35. The smallest absolute Gasteiger partial charge is 0.0685 e. The quantitative estimate of drug-likeness (QED) is 0.758. The second kappa shape index (κ2) is 6.55. The summed E-state index contributed by atoms with van der Waals surface area (Å²) in [4.78, 5) is 0. The molecule has 0 aliphatic carbocycles. The fourth-order valence-corrected chi connectivity index (χ4v) is 2.29. The van der Waals surface area contributed by atoms with Gasteiger partial charge in [-0.3, -0.25) is 4.68 Å². The van der Waals surface area contributed by atoms with Crippen molar-refractivity contribution in [2.24, 2.45) is 0 Å². The van der Waals surface area contributed by atoms with Crippen molar-refractivity contribution in [2.45, 2.75) is 39.2 Å². The third-order valence-corrected chi connectivity index (χ3v) is 3.32. The normalized spacial score (nSPS) is 13.0. The largest absolute Gasteiger partial charge is 0.317 e. The Balaban J connectivity index is 1.90. The molecule has 0 aliphatic rings.